The van der Waals surface area contributed by atoms with E-state index < -0.39 is 5.97 Å². The first-order chi connectivity index (χ1) is 7.24. The van der Waals surface area contributed by atoms with Crippen LogP contribution in [0.1, 0.15) is 28.6 Å². The van der Waals surface area contributed by atoms with Gasteiger partial charge < -0.3 is 15.6 Å². The minimum atomic E-state index is -1.05. The SMILES string of the molecule is NCc1nnn(C2CCOC2)c1C(=O)O. The second kappa shape index (κ2) is 3.95. The molecule has 1 unspecified atom stereocenters. The number of nitrogens with zero attached hydrogens (tertiary/aromatic N) is 3. The van der Waals surface area contributed by atoms with Gasteiger partial charge in [0.15, 0.2) is 5.69 Å². The zero-order valence-electron chi connectivity index (χ0n) is 8.09. The Morgan fingerprint density at radius 1 is 1.73 bits per heavy atom. The molecule has 0 amide bonds. The summed E-state index contributed by atoms with van der Waals surface area (Å²) < 4.78 is 6.58. The second-order valence-electron chi connectivity index (χ2n) is 3.36. The van der Waals surface area contributed by atoms with Crippen molar-refractivity contribution in [1.29, 1.82) is 0 Å². The van der Waals surface area contributed by atoms with Crippen LogP contribution in [0.15, 0.2) is 0 Å². The predicted molar refractivity (Wildman–Crippen MR) is 49.3 cm³/mol. The number of carboxylic acids is 1. The van der Waals surface area contributed by atoms with Gasteiger partial charge in [0.2, 0.25) is 0 Å². The van der Waals surface area contributed by atoms with Crippen molar-refractivity contribution in [1.82, 2.24) is 15.0 Å². The number of hydrogen-bond donors (Lipinski definition) is 2. The van der Waals surface area contributed by atoms with E-state index in [1.165, 1.54) is 4.68 Å². The first-order valence-corrected chi connectivity index (χ1v) is 4.69. The molecule has 2 rings (SSSR count). The number of carboxylic acid groups (broad SMARTS) is 1. The van der Waals surface area contributed by atoms with Crippen LogP contribution in [0.2, 0.25) is 0 Å². The number of ether oxygens (including phenoxy) is 1. The summed E-state index contributed by atoms with van der Waals surface area (Å²) in [5, 5.41) is 16.6. The Kier molecular flexibility index (Phi) is 2.65. The molecule has 2 heterocycles. The normalized spacial score (nSPS) is 20.7. The van der Waals surface area contributed by atoms with Crippen LogP contribution in [0.3, 0.4) is 0 Å². The van der Waals surface area contributed by atoms with E-state index in [1.54, 1.807) is 0 Å². The largest absolute Gasteiger partial charge is 0.476 e. The van der Waals surface area contributed by atoms with Crippen LogP contribution in [0.5, 0.6) is 0 Å². The number of rotatable bonds is 3. The monoisotopic (exact) mass is 212 g/mol. The number of hydrogen-bond acceptors (Lipinski definition) is 5. The molecule has 7 heteroatoms. The molecule has 0 spiro atoms. The van der Waals surface area contributed by atoms with E-state index in [2.05, 4.69) is 10.3 Å². The van der Waals surface area contributed by atoms with Crippen LogP contribution in [-0.4, -0.2) is 39.3 Å². The van der Waals surface area contributed by atoms with Gasteiger partial charge in [-0.3, -0.25) is 0 Å². The van der Waals surface area contributed by atoms with Crippen LogP contribution in [-0.2, 0) is 11.3 Å². The maximum absolute atomic E-state index is 11.0. The summed E-state index contributed by atoms with van der Waals surface area (Å²) in [4.78, 5) is 11.0. The van der Waals surface area contributed by atoms with Crippen molar-refractivity contribution in [3.05, 3.63) is 11.4 Å². The first-order valence-electron chi connectivity index (χ1n) is 4.69. The molecule has 0 aromatic carbocycles. The molecule has 7 nitrogen and oxygen atoms in total. The molecule has 1 aliphatic heterocycles. The smallest absolute Gasteiger partial charge is 0.356 e. The van der Waals surface area contributed by atoms with Gasteiger partial charge in [-0.1, -0.05) is 5.21 Å². The van der Waals surface area contributed by atoms with Crippen LogP contribution < -0.4 is 5.73 Å². The van der Waals surface area contributed by atoms with Gasteiger partial charge in [0.25, 0.3) is 0 Å². The lowest BCUT2D eigenvalue weighted by Crippen LogP contribution is -2.18. The molecular formula is C8H12N4O3. The molecule has 15 heavy (non-hydrogen) atoms. The minimum Gasteiger partial charge on any atom is -0.476 e. The summed E-state index contributed by atoms with van der Waals surface area (Å²) in [5.74, 6) is -1.05. The highest BCUT2D eigenvalue weighted by molar-refractivity contribution is 5.86. The fraction of sp³-hybridized carbons (Fsp3) is 0.625. The molecule has 0 aliphatic carbocycles. The van der Waals surface area contributed by atoms with Crippen LogP contribution in [0.25, 0.3) is 0 Å². The maximum atomic E-state index is 11.0. The third-order valence-corrected chi connectivity index (χ3v) is 2.41. The number of nitrogens with two attached hydrogens (primary N) is 1. The Morgan fingerprint density at radius 3 is 3.07 bits per heavy atom. The van der Waals surface area contributed by atoms with E-state index in [-0.39, 0.29) is 18.3 Å². The standard InChI is InChI=1S/C8H12N4O3/c9-3-6-7(8(13)14)12(11-10-6)5-1-2-15-4-5/h5H,1-4,9H2,(H,13,14). The van der Waals surface area contributed by atoms with Crippen molar-refractivity contribution in [3.63, 3.8) is 0 Å². The van der Waals surface area contributed by atoms with Gasteiger partial charge in [-0.15, -0.1) is 5.10 Å². The summed E-state index contributed by atoms with van der Waals surface area (Å²) in [6.07, 6.45) is 0.758. The van der Waals surface area contributed by atoms with Crippen molar-refractivity contribution in [2.75, 3.05) is 13.2 Å². The molecule has 3 N–H and O–H groups in total. The Labute approximate surface area is 85.8 Å². The molecule has 1 aromatic heterocycles. The fourth-order valence-electron chi connectivity index (χ4n) is 1.66. The average Bonchev–Trinajstić information content (AvgIpc) is 2.85. The molecule has 0 radical (unpaired) electrons. The summed E-state index contributed by atoms with van der Waals surface area (Å²) in [6, 6.07) is -0.0381. The maximum Gasteiger partial charge on any atom is 0.356 e. The number of carbonyl (C=O) groups is 1. The molecule has 1 aromatic rings. The van der Waals surface area contributed by atoms with Crippen molar-refractivity contribution < 1.29 is 14.6 Å². The van der Waals surface area contributed by atoms with Gasteiger partial charge in [-0.05, 0) is 6.42 Å². The zero-order chi connectivity index (χ0) is 10.8. The molecule has 1 fully saturated rings. The second-order valence-corrected chi connectivity index (χ2v) is 3.36. The molecule has 0 bridgehead atoms. The van der Waals surface area contributed by atoms with Crippen LogP contribution >= 0.6 is 0 Å². The summed E-state index contributed by atoms with van der Waals surface area (Å²) in [5.41, 5.74) is 5.78. The van der Waals surface area contributed by atoms with Crippen LogP contribution in [0, 0.1) is 0 Å². The number of aromatic carboxylic acids is 1. The summed E-state index contributed by atoms with van der Waals surface area (Å²) in [7, 11) is 0. The van der Waals surface area contributed by atoms with E-state index in [1.807, 2.05) is 0 Å². The zero-order valence-corrected chi connectivity index (χ0v) is 8.09. The predicted octanol–water partition coefficient (Wildman–Crippen LogP) is -0.604. The van der Waals surface area contributed by atoms with E-state index in [4.69, 9.17) is 15.6 Å². The third-order valence-electron chi connectivity index (χ3n) is 2.41. The van der Waals surface area contributed by atoms with Crippen molar-refractivity contribution >= 4 is 5.97 Å². The topological polar surface area (TPSA) is 103 Å². The fourth-order valence-corrected chi connectivity index (χ4v) is 1.66. The van der Waals surface area contributed by atoms with E-state index in [9.17, 15) is 4.79 Å². The van der Waals surface area contributed by atoms with Gasteiger partial charge >= 0.3 is 5.97 Å². The van der Waals surface area contributed by atoms with Gasteiger partial charge in [0.05, 0.1) is 12.6 Å². The molecule has 1 saturated heterocycles. The van der Waals surface area contributed by atoms with Crippen LogP contribution in [0.4, 0.5) is 0 Å². The summed E-state index contributed by atoms with van der Waals surface area (Å²) >= 11 is 0. The minimum absolute atomic E-state index is 0.0381. The molecule has 82 valence electrons. The van der Waals surface area contributed by atoms with Gasteiger partial charge in [0, 0.05) is 13.2 Å². The Bertz CT molecular complexity index is 370. The lowest BCUT2D eigenvalue weighted by atomic mass is 10.2. The highest BCUT2D eigenvalue weighted by atomic mass is 16.5. The quantitative estimate of drug-likeness (QED) is 0.693. The van der Waals surface area contributed by atoms with Crippen molar-refractivity contribution in [2.24, 2.45) is 5.73 Å². The molecule has 1 aliphatic rings. The van der Waals surface area contributed by atoms with E-state index in [0.717, 1.165) is 6.42 Å². The Hall–Kier alpha value is -1.47. The van der Waals surface area contributed by atoms with Gasteiger partial charge in [-0.2, -0.15) is 0 Å². The highest BCUT2D eigenvalue weighted by Crippen LogP contribution is 2.20. The van der Waals surface area contributed by atoms with Gasteiger partial charge in [0.1, 0.15) is 5.69 Å². The molecule has 0 saturated carbocycles. The lowest BCUT2D eigenvalue weighted by molar-refractivity contribution is 0.0678. The van der Waals surface area contributed by atoms with E-state index >= 15 is 0 Å². The Balaban J connectivity index is 2.37. The van der Waals surface area contributed by atoms with Gasteiger partial charge in [-0.25, -0.2) is 9.48 Å². The Morgan fingerprint density at radius 2 is 2.53 bits per heavy atom. The first kappa shape index (κ1) is 10.1. The summed E-state index contributed by atoms with van der Waals surface area (Å²) in [6.45, 7) is 1.18. The molecule has 1 atom stereocenters. The number of aromatic nitrogens is 3. The average molecular weight is 212 g/mol. The van der Waals surface area contributed by atoms with Crippen molar-refractivity contribution in [2.45, 2.75) is 19.0 Å². The van der Waals surface area contributed by atoms with E-state index in [0.29, 0.717) is 18.9 Å². The molecular weight excluding hydrogens is 200 g/mol. The third kappa shape index (κ3) is 1.71. The highest BCUT2D eigenvalue weighted by Gasteiger charge is 2.26. The lowest BCUT2D eigenvalue weighted by Gasteiger charge is -2.09. The van der Waals surface area contributed by atoms with Crippen molar-refractivity contribution in [3.8, 4) is 0 Å².